The minimum atomic E-state index is 0.112. The average molecular weight is 269 g/mol. The second kappa shape index (κ2) is 13.6. The fraction of sp³-hybridized carbons (Fsp3) is 0.800. The number of likely N-dealkylation sites (N-methyl/N-ethyl adjacent to an activating group) is 1. The molecule has 0 fully saturated rings. The fourth-order valence-electron chi connectivity index (χ4n) is 1.61. The van der Waals surface area contributed by atoms with Gasteiger partial charge in [-0.1, -0.05) is 31.9 Å². The monoisotopic (exact) mass is 269 g/mol. The highest BCUT2D eigenvalue weighted by Gasteiger charge is 1.96. The van der Waals surface area contributed by atoms with Crippen LogP contribution in [0.5, 0.6) is 0 Å². The largest absolute Gasteiger partial charge is 0.355 e. The topological polar surface area (TPSA) is 44.4 Å². The third-order valence-corrected chi connectivity index (χ3v) is 2.80. The third kappa shape index (κ3) is 15.1. The molecule has 0 spiro atoms. The number of allylic oxidation sites excluding steroid dienone is 1. The predicted octanol–water partition coefficient (Wildman–Crippen LogP) is 1.78. The van der Waals surface area contributed by atoms with E-state index in [1.807, 2.05) is 6.08 Å². The molecule has 0 saturated heterocycles. The molecule has 0 aromatic rings. The quantitative estimate of drug-likeness (QED) is 0.419. The molecule has 1 amide bonds. The maximum Gasteiger partial charge on any atom is 0.223 e. The summed E-state index contributed by atoms with van der Waals surface area (Å²) in [5.41, 5.74) is 0. The minimum absolute atomic E-state index is 0.112. The lowest BCUT2D eigenvalue weighted by Crippen LogP contribution is -2.34. The van der Waals surface area contributed by atoms with Crippen molar-refractivity contribution < 1.29 is 4.79 Å². The Bertz CT molecular complexity index is 240. The van der Waals surface area contributed by atoms with Crippen LogP contribution in [0.25, 0.3) is 0 Å². The Morgan fingerprint density at radius 3 is 2.58 bits per heavy atom. The van der Waals surface area contributed by atoms with Crippen LogP contribution < -0.4 is 10.6 Å². The van der Waals surface area contributed by atoms with Gasteiger partial charge in [-0.05, 0) is 26.9 Å². The molecule has 0 aromatic carbocycles. The van der Waals surface area contributed by atoms with Crippen molar-refractivity contribution in [2.75, 3.05) is 40.3 Å². The van der Waals surface area contributed by atoms with Crippen molar-refractivity contribution in [1.29, 1.82) is 0 Å². The average Bonchev–Trinajstić information content (AvgIpc) is 2.37. The number of nitrogens with one attached hydrogen (secondary N) is 2. The Hall–Kier alpha value is -0.870. The fourth-order valence-corrected chi connectivity index (χ4v) is 1.61. The van der Waals surface area contributed by atoms with Gasteiger partial charge in [0.1, 0.15) is 0 Å². The SMILES string of the molecule is CCCCC/C=C/CC(=O)NCCNCCN(C)C. The number of nitrogens with zero attached hydrogens (tertiary/aromatic N) is 1. The zero-order chi connectivity index (χ0) is 14.3. The molecule has 19 heavy (non-hydrogen) atoms. The normalized spacial score (nSPS) is 11.4. The Balaban J connectivity index is 3.30. The number of hydrogen-bond donors (Lipinski definition) is 2. The molecule has 0 aliphatic carbocycles. The molecule has 0 saturated carbocycles. The number of hydrogen-bond acceptors (Lipinski definition) is 3. The van der Waals surface area contributed by atoms with E-state index < -0.39 is 0 Å². The smallest absolute Gasteiger partial charge is 0.223 e. The molecule has 0 unspecified atom stereocenters. The maximum absolute atomic E-state index is 11.5. The molecule has 0 aliphatic rings. The first-order chi connectivity index (χ1) is 9.16. The number of rotatable bonds is 12. The van der Waals surface area contributed by atoms with Crippen molar-refractivity contribution in [3.05, 3.63) is 12.2 Å². The van der Waals surface area contributed by atoms with E-state index in [4.69, 9.17) is 0 Å². The lowest BCUT2D eigenvalue weighted by atomic mass is 10.2. The van der Waals surface area contributed by atoms with Crippen molar-refractivity contribution in [3.8, 4) is 0 Å². The Labute approximate surface area is 118 Å². The molecule has 4 nitrogen and oxygen atoms in total. The zero-order valence-corrected chi connectivity index (χ0v) is 12.9. The number of unbranched alkanes of at least 4 members (excludes halogenated alkanes) is 3. The van der Waals surface area contributed by atoms with Gasteiger partial charge in [-0.25, -0.2) is 0 Å². The number of amides is 1. The van der Waals surface area contributed by atoms with Crippen molar-refractivity contribution >= 4 is 5.91 Å². The molecule has 2 N–H and O–H groups in total. The van der Waals surface area contributed by atoms with Crippen LogP contribution >= 0.6 is 0 Å². The van der Waals surface area contributed by atoms with Gasteiger partial charge < -0.3 is 15.5 Å². The highest BCUT2D eigenvalue weighted by Crippen LogP contribution is 1.99. The van der Waals surface area contributed by atoms with E-state index in [-0.39, 0.29) is 5.91 Å². The van der Waals surface area contributed by atoms with Gasteiger partial charge in [-0.2, -0.15) is 0 Å². The van der Waals surface area contributed by atoms with Gasteiger partial charge in [-0.3, -0.25) is 4.79 Å². The summed E-state index contributed by atoms with van der Waals surface area (Å²) in [6, 6.07) is 0. The van der Waals surface area contributed by atoms with Crippen molar-refractivity contribution in [1.82, 2.24) is 15.5 Å². The second-order valence-electron chi connectivity index (χ2n) is 5.07. The molecule has 0 rings (SSSR count). The molecular weight excluding hydrogens is 238 g/mol. The van der Waals surface area contributed by atoms with Crippen LogP contribution in [0.1, 0.15) is 39.0 Å². The van der Waals surface area contributed by atoms with Crippen LogP contribution in [-0.4, -0.2) is 51.1 Å². The van der Waals surface area contributed by atoms with Gasteiger partial charge in [0.05, 0.1) is 0 Å². The second-order valence-corrected chi connectivity index (χ2v) is 5.07. The molecular formula is C15H31N3O. The third-order valence-electron chi connectivity index (χ3n) is 2.80. The first kappa shape index (κ1) is 18.1. The Morgan fingerprint density at radius 2 is 1.89 bits per heavy atom. The van der Waals surface area contributed by atoms with E-state index in [1.54, 1.807) is 0 Å². The summed E-state index contributed by atoms with van der Waals surface area (Å²) in [6.07, 6.45) is 9.43. The summed E-state index contributed by atoms with van der Waals surface area (Å²) < 4.78 is 0. The first-order valence-corrected chi connectivity index (χ1v) is 7.44. The summed E-state index contributed by atoms with van der Waals surface area (Å²) in [4.78, 5) is 13.6. The van der Waals surface area contributed by atoms with Gasteiger partial charge in [0.25, 0.3) is 0 Å². The maximum atomic E-state index is 11.5. The van der Waals surface area contributed by atoms with Gasteiger partial charge >= 0.3 is 0 Å². The summed E-state index contributed by atoms with van der Waals surface area (Å²) in [6.45, 7) is 5.72. The van der Waals surface area contributed by atoms with E-state index >= 15 is 0 Å². The zero-order valence-electron chi connectivity index (χ0n) is 12.9. The summed E-state index contributed by atoms with van der Waals surface area (Å²) in [5.74, 6) is 0.112. The van der Waals surface area contributed by atoms with Crippen LogP contribution in [0, 0.1) is 0 Å². The molecule has 112 valence electrons. The molecule has 0 aromatic heterocycles. The van der Waals surface area contributed by atoms with Crippen LogP contribution in [-0.2, 0) is 4.79 Å². The molecule has 4 heteroatoms. The van der Waals surface area contributed by atoms with E-state index in [9.17, 15) is 4.79 Å². The van der Waals surface area contributed by atoms with Crippen molar-refractivity contribution in [2.45, 2.75) is 39.0 Å². The highest BCUT2D eigenvalue weighted by atomic mass is 16.1. The lowest BCUT2D eigenvalue weighted by Gasteiger charge is -2.10. The van der Waals surface area contributed by atoms with Crippen LogP contribution in [0.15, 0.2) is 12.2 Å². The van der Waals surface area contributed by atoms with Crippen molar-refractivity contribution in [2.24, 2.45) is 0 Å². The Morgan fingerprint density at radius 1 is 1.11 bits per heavy atom. The molecule has 0 bridgehead atoms. The van der Waals surface area contributed by atoms with E-state index in [1.165, 1.54) is 19.3 Å². The highest BCUT2D eigenvalue weighted by molar-refractivity contribution is 5.77. The summed E-state index contributed by atoms with van der Waals surface area (Å²) in [7, 11) is 4.10. The van der Waals surface area contributed by atoms with Crippen LogP contribution in [0.2, 0.25) is 0 Å². The standard InChI is InChI=1S/C15H31N3O/c1-4-5-6-7-8-9-10-15(19)17-12-11-16-13-14-18(2)3/h8-9,16H,4-7,10-14H2,1-3H3,(H,17,19)/b9-8+. The van der Waals surface area contributed by atoms with Gasteiger partial charge in [-0.15, -0.1) is 0 Å². The molecule has 0 aliphatic heterocycles. The number of carbonyl (C=O) groups excluding carboxylic acids is 1. The van der Waals surface area contributed by atoms with Crippen LogP contribution in [0.3, 0.4) is 0 Å². The predicted molar refractivity (Wildman–Crippen MR) is 82.3 cm³/mol. The minimum Gasteiger partial charge on any atom is -0.355 e. The van der Waals surface area contributed by atoms with E-state index in [0.29, 0.717) is 13.0 Å². The molecule has 0 radical (unpaired) electrons. The van der Waals surface area contributed by atoms with Gasteiger partial charge in [0.15, 0.2) is 0 Å². The van der Waals surface area contributed by atoms with Gasteiger partial charge in [0, 0.05) is 32.6 Å². The van der Waals surface area contributed by atoms with E-state index in [0.717, 1.165) is 26.1 Å². The number of carbonyl (C=O) groups is 1. The Kier molecular flexibility index (Phi) is 12.9. The lowest BCUT2D eigenvalue weighted by molar-refractivity contribution is -0.120. The van der Waals surface area contributed by atoms with Crippen molar-refractivity contribution in [3.63, 3.8) is 0 Å². The molecule has 0 atom stereocenters. The van der Waals surface area contributed by atoms with Crippen LogP contribution in [0.4, 0.5) is 0 Å². The summed E-state index contributed by atoms with van der Waals surface area (Å²) >= 11 is 0. The molecule has 0 heterocycles. The first-order valence-electron chi connectivity index (χ1n) is 7.44. The van der Waals surface area contributed by atoms with E-state index in [2.05, 4.69) is 42.6 Å². The van der Waals surface area contributed by atoms with Gasteiger partial charge in [0.2, 0.25) is 5.91 Å². The summed E-state index contributed by atoms with van der Waals surface area (Å²) in [5, 5.41) is 6.19.